The van der Waals surface area contributed by atoms with Gasteiger partial charge in [0.05, 0.1) is 12.7 Å². The van der Waals surface area contributed by atoms with Crippen LogP contribution >= 0.6 is 0 Å². The number of nitrogens with zero attached hydrogens (tertiary/aromatic N) is 4. The highest BCUT2D eigenvalue weighted by molar-refractivity contribution is 5.70. The number of hydrogen-bond donors (Lipinski definition) is 0. The Bertz CT molecular complexity index is 399. The maximum Gasteiger partial charge on any atom is 0.171 e. The lowest BCUT2D eigenvalue weighted by Gasteiger charge is -2.23. The van der Waals surface area contributed by atoms with Crippen molar-refractivity contribution >= 4 is 6.29 Å². The molecule has 1 saturated heterocycles. The second-order valence-electron chi connectivity index (χ2n) is 5.22. The fraction of sp³-hybridized carbons (Fsp3) is 0.750. The fourth-order valence-corrected chi connectivity index (χ4v) is 2.65. The van der Waals surface area contributed by atoms with Crippen molar-refractivity contribution in [2.24, 2.45) is 5.92 Å². The zero-order chi connectivity index (χ0) is 11.7. The number of carbonyl (C=O) groups is 1. The number of rotatable bonds is 5. The van der Waals surface area contributed by atoms with E-state index in [9.17, 15) is 4.79 Å². The topological polar surface area (TPSA) is 51.0 Å². The molecule has 92 valence electrons. The van der Waals surface area contributed by atoms with Crippen LogP contribution < -0.4 is 0 Å². The number of aromatic nitrogens is 3. The average Bonchev–Trinajstić information content (AvgIpc) is 2.87. The van der Waals surface area contributed by atoms with Crippen molar-refractivity contribution in [3.05, 3.63) is 11.9 Å². The van der Waals surface area contributed by atoms with Crippen molar-refractivity contribution in [2.45, 2.75) is 38.3 Å². The van der Waals surface area contributed by atoms with Gasteiger partial charge in [0, 0.05) is 12.6 Å². The number of aldehydes is 1. The number of likely N-dealkylation sites (tertiary alicyclic amines) is 1. The maximum absolute atomic E-state index is 10.5. The van der Waals surface area contributed by atoms with E-state index in [0.29, 0.717) is 11.7 Å². The molecule has 1 aromatic rings. The van der Waals surface area contributed by atoms with Gasteiger partial charge in [-0.2, -0.15) is 0 Å². The van der Waals surface area contributed by atoms with Crippen LogP contribution in [0.5, 0.6) is 0 Å². The molecule has 0 radical (unpaired) electrons. The molecule has 2 aliphatic rings. The van der Waals surface area contributed by atoms with Gasteiger partial charge < -0.3 is 0 Å². The van der Waals surface area contributed by atoms with Crippen LogP contribution in [0.1, 0.15) is 36.2 Å². The predicted molar refractivity (Wildman–Crippen MR) is 62.7 cm³/mol. The summed E-state index contributed by atoms with van der Waals surface area (Å²) in [7, 11) is 0. The predicted octanol–water partition coefficient (Wildman–Crippen LogP) is 0.965. The third-order valence-electron chi connectivity index (χ3n) is 3.76. The molecule has 2 fully saturated rings. The van der Waals surface area contributed by atoms with Crippen LogP contribution in [0.4, 0.5) is 0 Å². The number of carbonyl (C=O) groups excluding carboxylic acids is 1. The molecule has 1 unspecified atom stereocenters. The first kappa shape index (κ1) is 10.9. The summed E-state index contributed by atoms with van der Waals surface area (Å²) < 4.78 is 1.81. The SMILES string of the molecule is O=Cc1cn(CC2CCCN2CC2CC2)nn1. The molecule has 0 bridgehead atoms. The van der Waals surface area contributed by atoms with E-state index >= 15 is 0 Å². The normalized spacial score (nSPS) is 25.3. The van der Waals surface area contributed by atoms with Crippen LogP contribution in [-0.4, -0.2) is 45.3 Å². The van der Waals surface area contributed by atoms with Gasteiger partial charge in [-0.1, -0.05) is 5.21 Å². The maximum atomic E-state index is 10.5. The Morgan fingerprint density at radius 3 is 2.94 bits per heavy atom. The highest BCUT2D eigenvalue weighted by atomic mass is 16.1. The van der Waals surface area contributed by atoms with Gasteiger partial charge in [-0.05, 0) is 38.1 Å². The van der Waals surface area contributed by atoms with E-state index < -0.39 is 0 Å². The minimum atomic E-state index is 0.428. The lowest BCUT2D eigenvalue weighted by atomic mass is 10.2. The standard InChI is InChI=1S/C12H18N4O/c17-9-11-7-16(14-13-11)8-12-2-1-5-15(12)6-10-3-4-10/h7,9-10,12H,1-6,8H2. The van der Waals surface area contributed by atoms with Crippen LogP contribution in [0, 0.1) is 5.92 Å². The van der Waals surface area contributed by atoms with Gasteiger partial charge in [0.2, 0.25) is 0 Å². The van der Waals surface area contributed by atoms with E-state index in [2.05, 4.69) is 15.2 Å². The highest BCUT2D eigenvalue weighted by Crippen LogP contribution is 2.32. The first-order chi connectivity index (χ1) is 8.35. The summed E-state index contributed by atoms with van der Waals surface area (Å²) in [4.78, 5) is 13.1. The number of hydrogen-bond acceptors (Lipinski definition) is 4. The van der Waals surface area contributed by atoms with E-state index in [1.807, 2.05) is 0 Å². The molecular weight excluding hydrogens is 216 g/mol. The van der Waals surface area contributed by atoms with Crippen molar-refractivity contribution in [1.29, 1.82) is 0 Å². The molecule has 1 aliphatic heterocycles. The summed E-state index contributed by atoms with van der Waals surface area (Å²) >= 11 is 0. The molecule has 0 aromatic carbocycles. The highest BCUT2D eigenvalue weighted by Gasteiger charge is 2.31. The summed E-state index contributed by atoms with van der Waals surface area (Å²) in [5.41, 5.74) is 0.428. The van der Waals surface area contributed by atoms with Crippen LogP contribution in [0.25, 0.3) is 0 Å². The first-order valence-electron chi connectivity index (χ1n) is 6.44. The lowest BCUT2D eigenvalue weighted by Crippen LogP contribution is -2.34. The summed E-state index contributed by atoms with van der Waals surface area (Å²) in [5.74, 6) is 0.942. The smallest absolute Gasteiger partial charge is 0.171 e. The van der Waals surface area contributed by atoms with Gasteiger partial charge in [-0.15, -0.1) is 5.10 Å². The van der Waals surface area contributed by atoms with Crippen molar-refractivity contribution in [3.63, 3.8) is 0 Å². The molecule has 1 saturated carbocycles. The van der Waals surface area contributed by atoms with E-state index in [4.69, 9.17) is 0 Å². The van der Waals surface area contributed by atoms with E-state index in [-0.39, 0.29) is 0 Å². The van der Waals surface area contributed by atoms with Crippen molar-refractivity contribution in [1.82, 2.24) is 19.9 Å². The van der Waals surface area contributed by atoms with Crippen LogP contribution in [-0.2, 0) is 6.54 Å². The van der Waals surface area contributed by atoms with Gasteiger partial charge in [0.15, 0.2) is 6.29 Å². The summed E-state index contributed by atoms with van der Waals surface area (Å²) in [6, 6.07) is 0.580. The lowest BCUT2D eigenvalue weighted by molar-refractivity contribution is 0.111. The Balaban J connectivity index is 1.60. The van der Waals surface area contributed by atoms with Crippen LogP contribution in [0.3, 0.4) is 0 Å². The molecule has 1 atom stereocenters. The molecule has 0 amide bonds. The van der Waals surface area contributed by atoms with Crippen molar-refractivity contribution in [3.8, 4) is 0 Å². The Hall–Kier alpha value is -1.23. The fourth-order valence-electron chi connectivity index (χ4n) is 2.65. The summed E-state index contributed by atoms with van der Waals surface area (Å²) in [6.07, 6.45) is 7.82. The Morgan fingerprint density at radius 1 is 1.35 bits per heavy atom. The van der Waals surface area contributed by atoms with Gasteiger partial charge in [-0.3, -0.25) is 14.4 Å². The third kappa shape index (κ3) is 2.54. The van der Waals surface area contributed by atoms with Crippen LogP contribution in [0.15, 0.2) is 6.20 Å². The van der Waals surface area contributed by atoms with Gasteiger partial charge >= 0.3 is 0 Å². The summed E-state index contributed by atoms with van der Waals surface area (Å²) in [6.45, 7) is 3.34. The van der Waals surface area contributed by atoms with Gasteiger partial charge in [0.1, 0.15) is 5.69 Å². The zero-order valence-electron chi connectivity index (χ0n) is 9.96. The summed E-state index contributed by atoms with van der Waals surface area (Å²) in [5, 5.41) is 7.79. The molecule has 0 N–H and O–H groups in total. The molecule has 1 aliphatic carbocycles. The van der Waals surface area contributed by atoms with Crippen molar-refractivity contribution in [2.75, 3.05) is 13.1 Å². The largest absolute Gasteiger partial charge is 0.298 e. The molecule has 3 rings (SSSR count). The zero-order valence-corrected chi connectivity index (χ0v) is 9.96. The second kappa shape index (κ2) is 4.56. The Kier molecular flexibility index (Phi) is 2.93. The average molecular weight is 234 g/mol. The molecule has 1 aromatic heterocycles. The third-order valence-corrected chi connectivity index (χ3v) is 3.76. The minimum absolute atomic E-state index is 0.428. The van der Waals surface area contributed by atoms with E-state index in [1.165, 1.54) is 38.8 Å². The second-order valence-corrected chi connectivity index (χ2v) is 5.22. The van der Waals surface area contributed by atoms with Gasteiger partial charge in [0.25, 0.3) is 0 Å². The monoisotopic (exact) mass is 234 g/mol. The van der Waals surface area contributed by atoms with Crippen molar-refractivity contribution < 1.29 is 4.79 Å². The van der Waals surface area contributed by atoms with Crippen LogP contribution in [0.2, 0.25) is 0 Å². The molecule has 5 nitrogen and oxygen atoms in total. The Labute approximate surface area is 101 Å². The van der Waals surface area contributed by atoms with Gasteiger partial charge in [-0.25, -0.2) is 0 Å². The molecule has 2 heterocycles. The van der Waals surface area contributed by atoms with E-state index in [1.54, 1.807) is 10.9 Å². The quantitative estimate of drug-likeness (QED) is 0.712. The minimum Gasteiger partial charge on any atom is -0.298 e. The molecule has 0 spiro atoms. The Morgan fingerprint density at radius 2 is 2.24 bits per heavy atom. The molecule has 5 heteroatoms. The van der Waals surface area contributed by atoms with E-state index in [0.717, 1.165) is 18.7 Å². The first-order valence-corrected chi connectivity index (χ1v) is 6.44. The molecule has 17 heavy (non-hydrogen) atoms. The molecular formula is C12H18N4O.